The first kappa shape index (κ1) is 21.6. The summed E-state index contributed by atoms with van der Waals surface area (Å²) >= 11 is 3.41. The number of hydrogen-bond acceptors (Lipinski definition) is 3. The number of carbonyl (C=O) groups is 2. The van der Waals surface area contributed by atoms with E-state index in [2.05, 4.69) is 26.6 Å². The van der Waals surface area contributed by atoms with Gasteiger partial charge in [0.05, 0.1) is 12.2 Å². The van der Waals surface area contributed by atoms with E-state index < -0.39 is 0 Å². The van der Waals surface area contributed by atoms with Crippen LogP contribution >= 0.6 is 15.9 Å². The molecule has 154 valence electrons. The number of benzene rings is 3. The van der Waals surface area contributed by atoms with Gasteiger partial charge in [-0.25, -0.2) is 0 Å². The van der Waals surface area contributed by atoms with Crippen LogP contribution in [-0.4, -0.2) is 18.4 Å². The van der Waals surface area contributed by atoms with E-state index in [-0.39, 0.29) is 11.8 Å². The lowest BCUT2D eigenvalue weighted by Gasteiger charge is -2.14. The summed E-state index contributed by atoms with van der Waals surface area (Å²) in [4.78, 5) is 25.2. The van der Waals surface area contributed by atoms with Gasteiger partial charge in [-0.15, -0.1) is 0 Å². The van der Waals surface area contributed by atoms with Crippen molar-refractivity contribution in [2.24, 2.45) is 5.92 Å². The molecule has 3 aromatic rings. The molecule has 5 nitrogen and oxygen atoms in total. The molecule has 3 rings (SSSR count). The van der Waals surface area contributed by atoms with E-state index in [0.717, 1.165) is 4.47 Å². The van der Waals surface area contributed by atoms with Gasteiger partial charge in [-0.05, 0) is 54.4 Å². The van der Waals surface area contributed by atoms with Crippen LogP contribution in [0.5, 0.6) is 5.75 Å². The molecule has 0 radical (unpaired) electrons. The topological polar surface area (TPSA) is 67.4 Å². The van der Waals surface area contributed by atoms with Gasteiger partial charge in [-0.2, -0.15) is 0 Å². The molecule has 0 atom stereocenters. The summed E-state index contributed by atoms with van der Waals surface area (Å²) in [5, 5.41) is 5.72. The van der Waals surface area contributed by atoms with Crippen molar-refractivity contribution in [3.05, 3.63) is 88.4 Å². The van der Waals surface area contributed by atoms with Crippen molar-refractivity contribution < 1.29 is 14.3 Å². The number of carbonyl (C=O) groups excluding carboxylic acids is 2. The summed E-state index contributed by atoms with van der Waals surface area (Å²) in [7, 11) is 0. The third-order valence-electron chi connectivity index (χ3n) is 4.17. The number of rotatable bonds is 7. The maximum Gasteiger partial charge on any atom is 0.259 e. The predicted octanol–water partition coefficient (Wildman–Crippen LogP) is 5.99. The molecule has 0 saturated heterocycles. The molecule has 0 aliphatic rings. The Morgan fingerprint density at radius 2 is 1.53 bits per heavy atom. The number of ether oxygens (including phenoxy) is 1. The number of anilines is 2. The van der Waals surface area contributed by atoms with Crippen LogP contribution < -0.4 is 15.4 Å². The first-order valence-corrected chi connectivity index (χ1v) is 10.4. The van der Waals surface area contributed by atoms with Crippen molar-refractivity contribution in [1.29, 1.82) is 0 Å². The summed E-state index contributed by atoms with van der Waals surface area (Å²) in [6, 6.07) is 21.3. The lowest BCUT2D eigenvalue weighted by molar-refractivity contribution is 0.101. The highest BCUT2D eigenvalue weighted by Crippen LogP contribution is 2.25. The van der Waals surface area contributed by atoms with Crippen molar-refractivity contribution in [1.82, 2.24) is 0 Å². The van der Waals surface area contributed by atoms with E-state index in [4.69, 9.17) is 4.74 Å². The lowest BCUT2D eigenvalue weighted by Crippen LogP contribution is -2.16. The summed E-state index contributed by atoms with van der Waals surface area (Å²) in [6.45, 7) is 4.62. The van der Waals surface area contributed by atoms with Gasteiger partial charge >= 0.3 is 0 Å². The first-order chi connectivity index (χ1) is 14.4. The molecule has 2 N–H and O–H groups in total. The standard InChI is InChI=1S/C24H23BrN2O3/c1-16(2)15-30-22-12-11-18(25)13-21(22)24(29)27-20-10-6-9-19(14-20)26-23(28)17-7-4-3-5-8-17/h3-14,16H,15H2,1-2H3,(H,26,28)(H,27,29). The van der Waals surface area contributed by atoms with Gasteiger partial charge in [0, 0.05) is 21.4 Å². The fourth-order valence-electron chi connectivity index (χ4n) is 2.73. The molecule has 3 aromatic carbocycles. The van der Waals surface area contributed by atoms with E-state index in [1.807, 2.05) is 38.1 Å². The summed E-state index contributed by atoms with van der Waals surface area (Å²) < 4.78 is 6.58. The molecular weight excluding hydrogens is 444 g/mol. The molecule has 0 aromatic heterocycles. The zero-order valence-corrected chi connectivity index (χ0v) is 18.4. The molecule has 0 aliphatic carbocycles. The normalized spacial score (nSPS) is 10.5. The fraction of sp³-hybridized carbons (Fsp3) is 0.167. The average Bonchev–Trinajstić information content (AvgIpc) is 2.73. The van der Waals surface area contributed by atoms with E-state index in [9.17, 15) is 9.59 Å². The van der Waals surface area contributed by atoms with E-state index in [1.54, 1.807) is 48.5 Å². The summed E-state index contributed by atoms with van der Waals surface area (Å²) in [6.07, 6.45) is 0. The second-order valence-electron chi connectivity index (χ2n) is 7.20. The van der Waals surface area contributed by atoms with Crippen LogP contribution in [0.3, 0.4) is 0 Å². The first-order valence-electron chi connectivity index (χ1n) is 9.62. The van der Waals surface area contributed by atoms with Gasteiger partial charge < -0.3 is 15.4 Å². The molecule has 0 saturated carbocycles. The lowest BCUT2D eigenvalue weighted by atomic mass is 10.1. The maximum absolute atomic E-state index is 12.9. The Morgan fingerprint density at radius 3 is 2.20 bits per heavy atom. The van der Waals surface area contributed by atoms with Gasteiger partial charge in [0.2, 0.25) is 0 Å². The number of amides is 2. The quantitative estimate of drug-likeness (QED) is 0.449. The Bertz CT molecular complexity index is 1040. The van der Waals surface area contributed by atoms with E-state index in [0.29, 0.717) is 40.8 Å². The molecule has 0 heterocycles. The van der Waals surface area contributed by atoms with E-state index >= 15 is 0 Å². The van der Waals surface area contributed by atoms with Crippen LogP contribution in [0, 0.1) is 5.92 Å². The van der Waals surface area contributed by atoms with Crippen LogP contribution in [-0.2, 0) is 0 Å². The Balaban J connectivity index is 1.74. The molecule has 0 spiro atoms. The summed E-state index contributed by atoms with van der Waals surface area (Å²) in [5.41, 5.74) is 2.16. The fourth-order valence-corrected chi connectivity index (χ4v) is 3.09. The van der Waals surface area contributed by atoms with E-state index in [1.165, 1.54) is 0 Å². The molecule has 0 aliphatic heterocycles. The number of nitrogens with one attached hydrogen (secondary N) is 2. The highest BCUT2D eigenvalue weighted by Gasteiger charge is 2.15. The van der Waals surface area contributed by atoms with Crippen LogP contribution in [0.15, 0.2) is 77.3 Å². The van der Waals surface area contributed by atoms with Gasteiger partial charge in [0.25, 0.3) is 11.8 Å². The predicted molar refractivity (Wildman–Crippen MR) is 123 cm³/mol. The highest BCUT2D eigenvalue weighted by atomic mass is 79.9. The number of hydrogen-bond donors (Lipinski definition) is 2. The van der Waals surface area contributed by atoms with Crippen LogP contribution in [0.2, 0.25) is 0 Å². The minimum Gasteiger partial charge on any atom is -0.492 e. The second kappa shape index (κ2) is 10.1. The zero-order valence-electron chi connectivity index (χ0n) is 16.8. The van der Waals surface area contributed by atoms with Gasteiger partial charge in [-0.1, -0.05) is 54.0 Å². The molecular formula is C24H23BrN2O3. The maximum atomic E-state index is 12.9. The minimum absolute atomic E-state index is 0.213. The van der Waals surface area contributed by atoms with Crippen LogP contribution in [0.4, 0.5) is 11.4 Å². The third kappa shape index (κ3) is 5.94. The molecule has 0 unspecified atom stereocenters. The Kier molecular flexibility index (Phi) is 7.25. The van der Waals surface area contributed by atoms with Crippen molar-refractivity contribution in [3.63, 3.8) is 0 Å². The third-order valence-corrected chi connectivity index (χ3v) is 4.67. The molecule has 0 fully saturated rings. The van der Waals surface area contributed by atoms with Gasteiger partial charge in [0.1, 0.15) is 5.75 Å². The second-order valence-corrected chi connectivity index (χ2v) is 8.12. The van der Waals surface area contributed by atoms with Crippen LogP contribution in [0.25, 0.3) is 0 Å². The van der Waals surface area contributed by atoms with Crippen LogP contribution in [0.1, 0.15) is 34.6 Å². The monoisotopic (exact) mass is 466 g/mol. The highest BCUT2D eigenvalue weighted by molar-refractivity contribution is 9.10. The van der Waals surface area contributed by atoms with Crippen molar-refractivity contribution >= 4 is 39.1 Å². The average molecular weight is 467 g/mol. The minimum atomic E-state index is -0.290. The smallest absolute Gasteiger partial charge is 0.259 e. The van der Waals surface area contributed by atoms with Gasteiger partial charge in [0.15, 0.2) is 0 Å². The Hall–Kier alpha value is -3.12. The van der Waals surface area contributed by atoms with Crippen molar-refractivity contribution in [2.75, 3.05) is 17.2 Å². The Labute approximate surface area is 184 Å². The van der Waals surface area contributed by atoms with Gasteiger partial charge in [-0.3, -0.25) is 9.59 Å². The summed E-state index contributed by atoms with van der Waals surface area (Å²) in [5.74, 6) is 0.365. The molecule has 0 bridgehead atoms. The molecule has 2 amide bonds. The Morgan fingerprint density at radius 1 is 0.867 bits per heavy atom. The largest absolute Gasteiger partial charge is 0.492 e. The molecule has 30 heavy (non-hydrogen) atoms. The SMILES string of the molecule is CC(C)COc1ccc(Br)cc1C(=O)Nc1cccc(NC(=O)c2ccccc2)c1. The van der Waals surface area contributed by atoms with Crippen molar-refractivity contribution in [2.45, 2.75) is 13.8 Å². The van der Waals surface area contributed by atoms with Crippen molar-refractivity contribution in [3.8, 4) is 5.75 Å². The number of halogens is 1. The zero-order chi connectivity index (χ0) is 21.5. The molecule has 6 heteroatoms.